The number of fused-ring (bicyclic) bond motifs is 1. The third-order valence-electron chi connectivity index (χ3n) is 5.26. The standard InChI is InChI=1S/C22H18F3N3O2/c1-13-11-17(14-7-9-16(10-8-14)22(23,24)25)20(29)19-18(12-26-28(13)19)27-21(30)15-5-3-2-4-6-15/h2-10,12-13,17H,11H2,1H3,(H,27,30)/t13-,17?/m0/s1. The zero-order valence-corrected chi connectivity index (χ0v) is 16.0. The molecule has 5 nitrogen and oxygen atoms in total. The lowest BCUT2D eigenvalue weighted by Crippen LogP contribution is -2.29. The number of ketones is 1. The summed E-state index contributed by atoms with van der Waals surface area (Å²) in [6.07, 6.45) is -2.60. The lowest BCUT2D eigenvalue weighted by Gasteiger charge is -2.28. The minimum atomic E-state index is -4.43. The molecule has 0 bridgehead atoms. The van der Waals surface area contributed by atoms with Crippen molar-refractivity contribution in [3.8, 4) is 0 Å². The molecule has 1 aliphatic rings. The van der Waals surface area contributed by atoms with Gasteiger partial charge in [-0.1, -0.05) is 30.3 Å². The van der Waals surface area contributed by atoms with Gasteiger partial charge in [0.2, 0.25) is 0 Å². The predicted octanol–water partition coefficient (Wildman–Crippen LogP) is 5.09. The van der Waals surface area contributed by atoms with E-state index in [-0.39, 0.29) is 29.1 Å². The molecule has 4 rings (SSSR count). The smallest absolute Gasteiger partial charge is 0.319 e. The van der Waals surface area contributed by atoms with Gasteiger partial charge in [0.25, 0.3) is 5.91 Å². The highest BCUT2D eigenvalue weighted by molar-refractivity contribution is 6.10. The van der Waals surface area contributed by atoms with Gasteiger partial charge in [-0.25, -0.2) is 0 Å². The Balaban J connectivity index is 1.63. The third kappa shape index (κ3) is 3.60. The van der Waals surface area contributed by atoms with Crippen LogP contribution in [0.2, 0.25) is 0 Å². The summed E-state index contributed by atoms with van der Waals surface area (Å²) >= 11 is 0. The Morgan fingerprint density at radius 1 is 1.10 bits per heavy atom. The number of hydrogen-bond donors (Lipinski definition) is 1. The average Bonchev–Trinajstić information content (AvgIpc) is 3.15. The molecule has 0 fully saturated rings. The number of halogens is 3. The fourth-order valence-electron chi connectivity index (χ4n) is 3.72. The van der Waals surface area contributed by atoms with Gasteiger partial charge in [0.1, 0.15) is 5.69 Å². The topological polar surface area (TPSA) is 64.0 Å². The Morgan fingerprint density at radius 2 is 1.77 bits per heavy atom. The summed E-state index contributed by atoms with van der Waals surface area (Å²) in [4.78, 5) is 25.7. The van der Waals surface area contributed by atoms with Gasteiger partial charge in [0.15, 0.2) is 5.78 Å². The highest BCUT2D eigenvalue weighted by atomic mass is 19.4. The maximum atomic E-state index is 13.2. The number of nitrogens with one attached hydrogen (secondary N) is 1. The molecule has 2 atom stereocenters. The van der Waals surface area contributed by atoms with Crippen molar-refractivity contribution in [3.05, 3.63) is 83.2 Å². The molecular weight excluding hydrogens is 395 g/mol. The number of nitrogens with zero attached hydrogens (tertiary/aromatic N) is 2. The number of Topliss-reactive ketones (excluding diaryl/α,β-unsaturated/α-hetero) is 1. The Hall–Kier alpha value is -3.42. The van der Waals surface area contributed by atoms with Crippen LogP contribution in [0.3, 0.4) is 0 Å². The Bertz CT molecular complexity index is 1090. The number of amides is 1. The molecule has 2 aromatic carbocycles. The Kier molecular flexibility index (Phi) is 4.93. The van der Waals surface area contributed by atoms with Crippen molar-refractivity contribution in [3.63, 3.8) is 0 Å². The number of benzene rings is 2. The van der Waals surface area contributed by atoms with Gasteiger partial charge in [-0.2, -0.15) is 18.3 Å². The van der Waals surface area contributed by atoms with Gasteiger partial charge < -0.3 is 5.32 Å². The van der Waals surface area contributed by atoms with Crippen molar-refractivity contribution in [2.75, 3.05) is 5.32 Å². The molecule has 3 aromatic rings. The fraction of sp³-hybridized carbons (Fsp3) is 0.227. The van der Waals surface area contributed by atoms with Crippen LogP contribution in [0.4, 0.5) is 18.9 Å². The zero-order valence-electron chi connectivity index (χ0n) is 16.0. The first-order chi connectivity index (χ1) is 14.3. The van der Waals surface area contributed by atoms with Crippen LogP contribution in [0.15, 0.2) is 60.8 Å². The summed E-state index contributed by atoms with van der Waals surface area (Å²) in [7, 11) is 0. The lowest BCUT2D eigenvalue weighted by molar-refractivity contribution is -0.137. The van der Waals surface area contributed by atoms with E-state index in [9.17, 15) is 22.8 Å². The van der Waals surface area contributed by atoms with E-state index in [0.29, 0.717) is 17.5 Å². The van der Waals surface area contributed by atoms with Crippen LogP contribution in [0.5, 0.6) is 0 Å². The van der Waals surface area contributed by atoms with Gasteiger partial charge in [-0.05, 0) is 43.2 Å². The minimum absolute atomic E-state index is 0.160. The maximum absolute atomic E-state index is 13.2. The lowest BCUT2D eigenvalue weighted by atomic mass is 9.84. The molecule has 0 aliphatic carbocycles. The number of hydrogen-bond acceptors (Lipinski definition) is 3. The Labute approximate surface area is 170 Å². The zero-order chi connectivity index (χ0) is 21.5. The van der Waals surface area contributed by atoms with E-state index < -0.39 is 17.7 Å². The normalized spacial score (nSPS) is 18.7. The monoisotopic (exact) mass is 413 g/mol. The molecule has 0 radical (unpaired) electrons. The van der Waals surface area contributed by atoms with Gasteiger partial charge in [0, 0.05) is 5.56 Å². The first-order valence-corrected chi connectivity index (χ1v) is 9.41. The molecule has 30 heavy (non-hydrogen) atoms. The number of aromatic nitrogens is 2. The summed E-state index contributed by atoms with van der Waals surface area (Å²) in [5.74, 6) is -1.27. The van der Waals surface area contributed by atoms with Crippen molar-refractivity contribution in [1.82, 2.24) is 9.78 Å². The molecule has 1 aromatic heterocycles. The van der Waals surface area contributed by atoms with Crippen LogP contribution in [-0.2, 0) is 6.18 Å². The SMILES string of the molecule is C[C@H]1CC(c2ccc(C(F)(F)F)cc2)C(=O)c2c(NC(=O)c3ccccc3)cnn21. The highest BCUT2D eigenvalue weighted by Gasteiger charge is 2.37. The molecule has 154 valence electrons. The van der Waals surface area contributed by atoms with Crippen molar-refractivity contribution in [2.24, 2.45) is 0 Å². The average molecular weight is 413 g/mol. The van der Waals surface area contributed by atoms with Crippen LogP contribution in [0, 0.1) is 0 Å². The molecule has 0 saturated carbocycles. The van der Waals surface area contributed by atoms with Gasteiger partial charge >= 0.3 is 6.18 Å². The molecule has 1 aliphatic heterocycles. The minimum Gasteiger partial charge on any atom is -0.319 e. The quantitative estimate of drug-likeness (QED) is 0.651. The molecule has 1 unspecified atom stereocenters. The number of anilines is 1. The van der Waals surface area contributed by atoms with E-state index in [4.69, 9.17) is 0 Å². The van der Waals surface area contributed by atoms with E-state index in [2.05, 4.69) is 10.4 Å². The molecular formula is C22H18F3N3O2. The number of carbonyl (C=O) groups excluding carboxylic acids is 2. The summed E-state index contributed by atoms with van der Waals surface area (Å²) in [5, 5.41) is 6.97. The van der Waals surface area contributed by atoms with E-state index in [1.54, 1.807) is 35.0 Å². The predicted molar refractivity (Wildman–Crippen MR) is 104 cm³/mol. The summed E-state index contributed by atoms with van der Waals surface area (Å²) in [6.45, 7) is 1.88. The first-order valence-electron chi connectivity index (χ1n) is 9.41. The number of alkyl halides is 3. The summed E-state index contributed by atoms with van der Waals surface area (Å²) < 4.78 is 40.1. The molecule has 2 heterocycles. The van der Waals surface area contributed by atoms with Crippen LogP contribution >= 0.6 is 0 Å². The van der Waals surface area contributed by atoms with Crippen molar-refractivity contribution < 1.29 is 22.8 Å². The van der Waals surface area contributed by atoms with Crippen molar-refractivity contribution in [2.45, 2.75) is 31.5 Å². The second-order valence-corrected chi connectivity index (χ2v) is 7.29. The van der Waals surface area contributed by atoms with Crippen LogP contribution < -0.4 is 5.32 Å². The number of rotatable bonds is 3. The Morgan fingerprint density at radius 3 is 2.40 bits per heavy atom. The van der Waals surface area contributed by atoms with Crippen molar-refractivity contribution >= 4 is 17.4 Å². The molecule has 8 heteroatoms. The van der Waals surface area contributed by atoms with Gasteiger partial charge in [-0.3, -0.25) is 14.3 Å². The van der Waals surface area contributed by atoms with E-state index in [1.807, 2.05) is 6.92 Å². The van der Waals surface area contributed by atoms with Crippen LogP contribution in [0.1, 0.15) is 57.3 Å². The third-order valence-corrected chi connectivity index (χ3v) is 5.26. The van der Waals surface area contributed by atoms with Gasteiger partial charge in [-0.15, -0.1) is 0 Å². The largest absolute Gasteiger partial charge is 0.416 e. The van der Waals surface area contributed by atoms with E-state index in [1.165, 1.54) is 18.3 Å². The number of carbonyl (C=O) groups is 2. The van der Waals surface area contributed by atoms with E-state index in [0.717, 1.165) is 12.1 Å². The molecule has 1 N–H and O–H groups in total. The first kappa shape index (κ1) is 19.9. The second kappa shape index (κ2) is 7.44. The summed E-state index contributed by atoms with van der Waals surface area (Å²) in [6, 6.07) is 13.0. The molecule has 0 saturated heterocycles. The summed E-state index contributed by atoms with van der Waals surface area (Å²) in [5.41, 5.74) is 0.726. The highest BCUT2D eigenvalue weighted by Crippen LogP contribution is 2.39. The molecule has 1 amide bonds. The van der Waals surface area contributed by atoms with Crippen LogP contribution in [0.25, 0.3) is 0 Å². The van der Waals surface area contributed by atoms with Gasteiger partial charge in [0.05, 0.1) is 29.4 Å². The van der Waals surface area contributed by atoms with Crippen LogP contribution in [-0.4, -0.2) is 21.5 Å². The maximum Gasteiger partial charge on any atom is 0.416 e. The molecule has 0 spiro atoms. The second-order valence-electron chi connectivity index (χ2n) is 7.29. The van der Waals surface area contributed by atoms with Crippen molar-refractivity contribution in [1.29, 1.82) is 0 Å². The fourth-order valence-corrected chi connectivity index (χ4v) is 3.72. The van der Waals surface area contributed by atoms with E-state index >= 15 is 0 Å².